The van der Waals surface area contributed by atoms with Crippen LogP contribution in [0.5, 0.6) is 0 Å². The maximum atomic E-state index is 11.5. The average molecular weight is 234 g/mol. The number of tetrazole rings is 1. The predicted octanol–water partition coefficient (Wildman–Crippen LogP) is -0.312. The van der Waals surface area contributed by atoms with Crippen molar-refractivity contribution in [2.45, 2.75) is 13.5 Å². The standard InChI is InChI=1S/C9H10N6O2/c1-2-17-9(16)8-12-13-14-15(8)6-7-10-4-3-5-11-7/h3-5H,2,6H2,1H3. The van der Waals surface area contributed by atoms with Crippen molar-refractivity contribution in [2.24, 2.45) is 0 Å². The van der Waals surface area contributed by atoms with Crippen LogP contribution in [0.25, 0.3) is 0 Å². The molecule has 0 amide bonds. The summed E-state index contributed by atoms with van der Waals surface area (Å²) in [6.45, 7) is 2.21. The highest BCUT2D eigenvalue weighted by atomic mass is 16.5. The lowest BCUT2D eigenvalue weighted by Gasteiger charge is -2.02. The average Bonchev–Trinajstić information content (AvgIpc) is 2.79. The molecule has 2 aromatic rings. The van der Waals surface area contributed by atoms with E-state index in [-0.39, 0.29) is 19.0 Å². The molecule has 0 aromatic carbocycles. The summed E-state index contributed by atoms with van der Waals surface area (Å²) in [4.78, 5) is 19.5. The molecular weight excluding hydrogens is 224 g/mol. The Morgan fingerprint density at radius 3 is 2.88 bits per heavy atom. The summed E-state index contributed by atoms with van der Waals surface area (Å²) in [5.74, 6) is -0.00178. The van der Waals surface area contributed by atoms with Gasteiger partial charge in [0.25, 0.3) is 5.82 Å². The fourth-order valence-electron chi connectivity index (χ4n) is 1.20. The van der Waals surface area contributed by atoms with Crippen molar-refractivity contribution in [1.82, 2.24) is 30.2 Å². The van der Waals surface area contributed by atoms with Gasteiger partial charge in [0, 0.05) is 12.4 Å². The number of esters is 1. The Morgan fingerprint density at radius 1 is 1.41 bits per heavy atom. The molecule has 0 bridgehead atoms. The first-order valence-electron chi connectivity index (χ1n) is 5.00. The normalized spacial score (nSPS) is 10.2. The van der Waals surface area contributed by atoms with Crippen LogP contribution in [0.4, 0.5) is 0 Å². The van der Waals surface area contributed by atoms with E-state index < -0.39 is 5.97 Å². The van der Waals surface area contributed by atoms with Gasteiger partial charge in [-0.15, -0.1) is 5.10 Å². The molecule has 0 spiro atoms. The Morgan fingerprint density at radius 2 is 2.18 bits per heavy atom. The van der Waals surface area contributed by atoms with Crippen LogP contribution in [0.1, 0.15) is 23.4 Å². The molecule has 2 rings (SSSR count). The smallest absolute Gasteiger partial charge is 0.378 e. The lowest BCUT2D eigenvalue weighted by atomic mass is 10.5. The third kappa shape index (κ3) is 2.60. The fourth-order valence-corrected chi connectivity index (χ4v) is 1.20. The summed E-state index contributed by atoms with van der Waals surface area (Å²) in [5, 5.41) is 10.7. The lowest BCUT2D eigenvalue weighted by Crippen LogP contribution is -2.16. The number of hydrogen-bond donors (Lipinski definition) is 0. The Hall–Kier alpha value is -2.38. The minimum absolute atomic E-state index is 0.0410. The van der Waals surface area contributed by atoms with Crippen molar-refractivity contribution >= 4 is 5.97 Å². The highest BCUT2D eigenvalue weighted by molar-refractivity contribution is 5.85. The van der Waals surface area contributed by atoms with Gasteiger partial charge in [0.2, 0.25) is 0 Å². The first-order valence-corrected chi connectivity index (χ1v) is 5.00. The molecule has 8 heteroatoms. The van der Waals surface area contributed by atoms with Gasteiger partial charge in [-0.1, -0.05) is 0 Å². The van der Waals surface area contributed by atoms with Crippen molar-refractivity contribution in [3.8, 4) is 0 Å². The number of carbonyl (C=O) groups is 1. The quantitative estimate of drug-likeness (QED) is 0.669. The third-order valence-electron chi connectivity index (χ3n) is 1.90. The van der Waals surface area contributed by atoms with Crippen molar-refractivity contribution in [3.63, 3.8) is 0 Å². The number of aromatic nitrogens is 6. The van der Waals surface area contributed by atoms with Crippen LogP contribution in [0, 0.1) is 0 Å². The molecule has 0 saturated heterocycles. The number of carbonyl (C=O) groups excluding carboxylic acids is 1. The molecule has 2 aromatic heterocycles. The molecule has 0 atom stereocenters. The molecule has 0 aliphatic heterocycles. The molecule has 8 nitrogen and oxygen atoms in total. The SMILES string of the molecule is CCOC(=O)c1nnnn1Cc1ncccn1. The summed E-state index contributed by atoms with van der Waals surface area (Å²) in [6.07, 6.45) is 3.22. The van der Waals surface area contributed by atoms with E-state index in [1.54, 1.807) is 25.4 Å². The molecule has 88 valence electrons. The van der Waals surface area contributed by atoms with Crippen LogP contribution in [-0.2, 0) is 11.3 Å². The van der Waals surface area contributed by atoms with Crippen LogP contribution >= 0.6 is 0 Å². The number of rotatable bonds is 4. The largest absolute Gasteiger partial charge is 0.460 e. The summed E-state index contributed by atoms with van der Waals surface area (Å²) in [7, 11) is 0. The van der Waals surface area contributed by atoms with E-state index in [9.17, 15) is 4.79 Å². The highest BCUT2D eigenvalue weighted by Gasteiger charge is 2.17. The van der Waals surface area contributed by atoms with E-state index in [0.29, 0.717) is 5.82 Å². The second-order valence-corrected chi connectivity index (χ2v) is 3.05. The van der Waals surface area contributed by atoms with Crippen LogP contribution in [0.15, 0.2) is 18.5 Å². The monoisotopic (exact) mass is 234 g/mol. The molecule has 2 heterocycles. The first kappa shape index (κ1) is 11.1. The molecule has 0 unspecified atom stereocenters. The van der Waals surface area contributed by atoms with E-state index in [2.05, 4.69) is 25.5 Å². The summed E-state index contributed by atoms with van der Waals surface area (Å²) in [6, 6.07) is 1.70. The van der Waals surface area contributed by atoms with Crippen LogP contribution < -0.4 is 0 Å². The van der Waals surface area contributed by atoms with Gasteiger partial charge in [-0.05, 0) is 23.4 Å². The van der Waals surface area contributed by atoms with Gasteiger partial charge in [-0.2, -0.15) is 0 Å². The molecule has 17 heavy (non-hydrogen) atoms. The van der Waals surface area contributed by atoms with Crippen molar-refractivity contribution in [2.75, 3.05) is 6.61 Å². The van der Waals surface area contributed by atoms with Crippen molar-refractivity contribution in [1.29, 1.82) is 0 Å². The van der Waals surface area contributed by atoms with E-state index >= 15 is 0 Å². The summed E-state index contributed by atoms with van der Waals surface area (Å²) in [5.41, 5.74) is 0. The second-order valence-electron chi connectivity index (χ2n) is 3.05. The van der Waals surface area contributed by atoms with Gasteiger partial charge in [0.05, 0.1) is 6.61 Å². The number of ether oxygens (including phenoxy) is 1. The topological polar surface area (TPSA) is 95.7 Å². The molecule has 0 radical (unpaired) electrons. The zero-order valence-electron chi connectivity index (χ0n) is 9.15. The third-order valence-corrected chi connectivity index (χ3v) is 1.90. The Labute approximate surface area is 96.6 Å². The number of nitrogens with zero attached hydrogens (tertiary/aromatic N) is 6. The Kier molecular flexibility index (Phi) is 3.34. The predicted molar refractivity (Wildman–Crippen MR) is 54.9 cm³/mol. The lowest BCUT2D eigenvalue weighted by molar-refractivity contribution is 0.0505. The van der Waals surface area contributed by atoms with E-state index in [0.717, 1.165) is 0 Å². The summed E-state index contributed by atoms with van der Waals surface area (Å²) < 4.78 is 6.12. The summed E-state index contributed by atoms with van der Waals surface area (Å²) >= 11 is 0. The Bertz CT molecular complexity index is 497. The first-order chi connectivity index (χ1) is 8.31. The van der Waals surface area contributed by atoms with Gasteiger partial charge >= 0.3 is 5.97 Å². The Balaban J connectivity index is 2.17. The van der Waals surface area contributed by atoms with Gasteiger partial charge < -0.3 is 4.74 Å². The van der Waals surface area contributed by atoms with E-state index in [1.165, 1.54) is 4.68 Å². The molecular formula is C9H10N6O2. The van der Waals surface area contributed by atoms with Gasteiger partial charge in [0.15, 0.2) is 0 Å². The molecule has 0 N–H and O–H groups in total. The molecule has 0 aliphatic carbocycles. The zero-order chi connectivity index (χ0) is 12.1. The minimum Gasteiger partial charge on any atom is -0.460 e. The second kappa shape index (κ2) is 5.10. The van der Waals surface area contributed by atoms with E-state index in [4.69, 9.17) is 4.74 Å². The van der Waals surface area contributed by atoms with Crippen LogP contribution in [-0.4, -0.2) is 42.8 Å². The van der Waals surface area contributed by atoms with Gasteiger partial charge in [-0.3, -0.25) is 0 Å². The van der Waals surface area contributed by atoms with Gasteiger partial charge in [-0.25, -0.2) is 19.4 Å². The number of hydrogen-bond acceptors (Lipinski definition) is 7. The zero-order valence-corrected chi connectivity index (χ0v) is 9.15. The fraction of sp³-hybridized carbons (Fsp3) is 0.333. The van der Waals surface area contributed by atoms with E-state index in [1.807, 2.05) is 0 Å². The maximum Gasteiger partial charge on any atom is 0.378 e. The molecule has 0 aliphatic rings. The van der Waals surface area contributed by atoms with Crippen molar-refractivity contribution in [3.05, 3.63) is 30.1 Å². The molecule has 0 fully saturated rings. The minimum atomic E-state index is -0.562. The van der Waals surface area contributed by atoms with Crippen molar-refractivity contribution < 1.29 is 9.53 Å². The molecule has 0 saturated carbocycles. The van der Waals surface area contributed by atoms with Crippen LogP contribution in [0.2, 0.25) is 0 Å². The van der Waals surface area contributed by atoms with Crippen LogP contribution in [0.3, 0.4) is 0 Å². The van der Waals surface area contributed by atoms with Gasteiger partial charge in [0.1, 0.15) is 12.4 Å². The maximum absolute atomic E-state index is 11.5. The highest BCUT2D eigenvalue weighted by Crippen LogP contribution is 1.99.